The summed E-state index contributed by atoms with van der Waals surface area (Å²) in [5.41, 5.74) is 2.83. The Morgan fingerprint density at radius 3 is 3.00 bits per heavy atom. The molecule has 0 unspecified atom stereocenters. The summed E-state index contributed by atoms with van der Waals surface area (Å²) in [6.07, 6.45) is 3.55. The average molecular weight is 286 g/mol. The maximum absolute atomic E-state index is 13.7. The zero-order valence-corrected chi connectivity index (χ0v) is 11.4. The molecule has 0 aliphatic carbocycles. The second-order valence-corrected chi connectivity index (χ2v) is 5.18. The number of hydrogen-bond acceptors (Lipinski definition) is 3. The number of aromatic carboxylic acids is 1. The number of carboxylic acid groups (broad SMARTS) is 1. The van der Waals surface area contributed by atoms with Gasteiger partial charge in [-0.15, -0.1) is 0 Å². The summed E-state index contributed by atoms with van der Waals surface area (Å²) in [4.78, 5) is 17.1. The number of nitrogens with zero attached hydrogens (tertiary/aromatic N) is 2. The van der Waals surface area contributed by atoms with Gasteiger partial charge in [-0.2, -0.15) is 0 Å². The first-order chi connectivity index (χ1) is 10.1. The van der Waals surface area contributed by atoms with Crippen LogP contribution in [0.2, 0.25) is 0 Å². The van der Waals surface area contributed by atoms with E-state index in [9.17, 15) is 14.3 Å². The van der Waals surface area contributed by atoms with Gasteiger partial charge in [-0.05, 0) is 29.7 Å². The Kier molecular flexibility index (Phi) is 3.66. The fourth-order valence-corrected chi connectivity index (χ4v) is 2.75. The number of pyridine rings is 1. The minimum atomic E-state index is -0.913. The molecule has 3 rings (SSSR count). The van der Waals surface area contributed by atoms with Crippen molar-refractivity contribution in [2.45, 2.75) is 19.5 Å². The molecule has 0 saturated carbocycles. The summed E-state index contributed by atoms with van der Waals surface area (Å²) in [6.45, 7) is 1.78. The normalized spacial score (nSPS) is 14.7. The predicted molar refractivity (Wildman–Crippen MR) is 75.4 cm³/mol. The number of hydrogen-bond donors (Lipinski definition) is 1. The van der Waals surface area contributed by atoms with Crippen LogP contribution >= 0.6 is 0 Å². The third-order valence-electron chi connectivity index (χ3n) is 3.83. The Hall–Kier alpha value is -2.27. The van der Waals surface area contributed by atoms with E-state index in [1.807, 2.05) is 6.07 Å². The Morgan fingerprint density at radius 1 is 1.38 bits per heavy atom. The van der Waals surface area contributed by atoms with E-state index in [0.29, 0.717) is 24.2 Å². The summed E-state index contributed by atoms with van der Waals surface area (Å²) < 4.78 is 13.7. The highest BCUT2D eigenvalue weighted by molar-refractivity contribution is 5.89. The van der Waals surface area contributed by atoms with E-state index >= 15 is 0 Å². The minimum Gasteiger partial charge on any atom is -0.478 e. The van der Waals surface area contributed by atoms with Crippen molar-refractivity contribution >= 4 is 5.97 Å². The Labute approximate surface area is 121 Å². The average Bonchev–Trinajstić information content (AvgIpc) is 2.49. The lowest BCUT2D eigenvalue weighted by Gasteiger charge is -2.29. The predicted octanol–water partition coefficient (Wildman–Crippen LogP) is 2.48. The first-order valence-corrected chi connectivity index (χ1v) is 6.80. The quantitative estimate of drug-likeness (QED) is 0.941. The monoisotopic (exact) mass is 286 g/mol. The van der Waals surface area contributed by atoms with Gasteiger partial charge in [0.25, 0.3) is 0 Å². The molecule has 1 aromatic carbocycles. The number of carbonyl (C=O) groups is 1. The number of carboxylic acids is 1. The number of benzene rings is 1. The molecule has 1 aromatic heterocycles. The second kappa shape index (κ2) is 5.61. The van der Waals surface area contributed by atoms with Crippen molar-refractivity contribution < 1.29 is 14.3 Å². The van der Waals surface area contributed by atoms with E-state index in [4.69, 9.17) is 0 Å². The first kappa shape index (κ1) is 13.7. The van der Waals surface area contributed by atoms with Crippen LogP contribution in [0.5, 0.6) is 0 Å². The summed E-state index contributed by atoms with van der Waals surface area (Å²) >= 11 is 0. The molecule has 0 bridgehead atoms. The van der Waals surface area contributed by atoms with E-state index in [1.54, 1.807) is 24.4 Å². The van der Waals surface area contributed by atoms with Crippen molar-refractivity contribution in [2.75, 3.05) is 6.54 Å². The fourth-order valence-electron chi connectivity index (χ4n) is 2.75. The molecule has 0 spiro atoms. The first-order valence-electron chi connectivity index (χ1n) is 6.80. The molecule has 1 aliphatic rings. The zero-order chi connectivity index (χ0) is 14.8. The molecule has 2 aromatic rings. The molecule has 0 amide bonds. The van der Waals surface area contributed by atoms with Crippen molar-refractivity contribution in [2.24, 2.45) is 0 Å². The maximum Gasteiger partial charge on any atom is 0.336 e. The molecule has 1 N–H and O–H groups in total. The lowest BCUT2D eigenvalue weighted by atomic mass is 9.94. The van der Waals surface area contributed by atoms with Gasteiger partial charge < -0.3 is 5.11 Å². The molecule has 0 radical (unpaired) electrons. The van der Waals surface area contributed by atoms with Crippen molar-refractivity contribution in [1.29, 1.82) is 0 Å². The van der Waals surface area contributed by atoms with Gasteiger partial charge in [0.2, 0.25) is 0 Å². The SMILES string of the molecule is O=C(O)c1cccc2c1CN(Cc1ccncc1F)CC2. The lowest BCUT2D eigenvalue weighted by molar-refractivity contribution is 0.0693. The van der Waals surface area contributed by atoms with E-state index in [2.05, 4.69) is 9.88 Å². The largest absolute Gasteiger partial charge is 0.478 e. The zero-order valence-electron chi connectivity index (χ0n) is 11.4. The lowest BCUT2D eigenvalue weighted by Crippen LogP contribution is -2.31. The summed E-state index contributed by atoms with van der Waals surface area (Å²) in [6, 6.07) is 7.03. The van der Waals surface area contributed by atoms with Crippen LogP contribution in [-0.4, -0.2) is 27.5 Å². The molecule has 21 heavy (non-hydrogen) atoms. The minimum absolute atomic E-state index is 0.324. The van der Waals surface area contributed by atoms with Crippen LogP contribution in [0.25, 0.3) is 0 Å². The van der Waals surface area contributed by atoms with Crippen LogP contribution in [0.3, 0.4) is 0 Å². The third kappa shape index (κ3) is 2.78. The van der Waals surface area contributed by atoms with Gasteiger partial charge in [0.1, 0.15) is 5.82 Å². The molecule has 0 atom stereocenters. The van der Waals surface area contributed by atoms with Gasteiger partial charge in [-0.3, -0.25) is 9.88 Å². The molecular formula is C16H15FN2O2. The third-order valence-corrected chi connectivity index (χ3v) is 3.83. The van der Waals surface area contributed by atoms with E-state index < -0.39 is 5.97 Å². The standard InChI is InChI=1S/C16H15FN2O2/c17-15-8-18-6-4-12(15)9-19-7-5-11-2-1-3-13(16(20)21)14(11)10-19/h1-4,6,8H,5,7,9-10H2,(H,20,21). The summed E-state index contributed by atoms with van der Waals surface area (Å²) in [5, 5.41) is 9.27. The van der Waals surface area contributed by atoms with Gasteiger partial charge in [0.05, 0.1) is 11.8 Å². The highest BCUT2D eigenvalue weighted by Crippen LogP contribution is 2.24. The van der Waals surface area contributed by atoms with Crippen LogP contribution in [0.1, 0.15) is 27.0 Å². The van der Waals surface area contributed by atoms with Crippen LogP contribution in [0, 0.1) is 5.82 Å². The number of rotatable bonds is 3. The number of aromatic nitrogens is 1. The molecule has 108 valence electrons. The molecule has 0 saturated heterocycles. The van der Waals surface area contributed by atoms with Gasteiger partial charge in [-0.1, -0.05) is 12.1 Å². The second-order valence-electron chi connectivity index (χ2n) is 5.18. The Balaban J connectivity index is 1.84. The van der Waals surface area contributed by atoms with Crippen LogP contribution in [-0.2, 0) is 19.5 Å². The molecule has 0 fully saturated rings. The number of fused-ring (bicyclic) bond motifs is 1. The number of halogens is 1. The summed E-state index contributed by atoms with van der Waals surface area (Å²) in [7, 11) is 0. The van der Waals surface area contributed by atoms with Crippen LogP contribution < -0.4 is 0 Å². The Morgan fingerprint density at radius 2 is 2.24 bits per heavy atom. The van der Waals surface area contributed by atoms with Crippen molar-refractivity contribution in [1.82, 2.24) is 9.88 Å². The van der Waals surface area contributed by atoms with Crippen molar-refractivity contribution in [3.05, 3.63) is 64.7 Å². The van der Waals surface area contributed by atoms with Gasteiger partial charge >= 0.3 is 5.97 Å². The molecule has 1 aliphatic heterocycles. The maximum atomic E-state index is 13.7. The van der Waals surface area contributed by atoms with Gasteiger partial charge in [-0.25, -0.2) is 9.18 Å². The van der Waals surface area contributed by atoms with Crippen molar-refractivity contribution in [3.8, 4) is 0 Å². The molecule has 2 heterocycles. The highest BCUT2D eigenvalue weighted by Gasteiger charge is 2.22. The van der Waals surface area contributed by atoms with E-state index in [-0.39, 0.29) is 5.82 Å². The Bertz CT molecular complexity index is 688. The van der Waals surface area contributed by atoms with Gasteiger partial charge in [0, 0.05) is 31.4 Å². The fraction of sp³-hybridized carbons (Fsp3) is 0.250. The van der Waals surface area contributed by atoms with Crippen LogP contribution in [0.4, 0.5) is 4.39 Å². The van der Waals surface area contributed by atoms with E-state index in [0.717, 1.165) is 24.1 Å². The van der Waals surface area contributed by atoms with Crippen molar-refractivity contribution in [3.63, 3.8) is 0 Å². The molecular weight excluding hydrogens is 271 g/mol. The molecule has 4 nitrogen and oxygen atoms in total. The highest BCUT2D eigenvalue weighted by atomic mass is 19.1. The van der Waals surface area contributed by atoms with E-state index in [1.165, 1.54) is 6.20 Å². The smallest absolute Gasteiger partial charge is 0.336 e. The summed E-state index contributed by atoms with van der Waals surface area (Å²) in [5.74, 6) is -1.24. The van der Waals surface area contributed by atoms with Gasteiger partial charge in [0.15, 0.2) is 0 Å². The molecule has 5 heteroatoms. The van der Waals surface area contributed by atoms with Crippen LogP contribution in [0.15, 0.2) is 36.7 Å². The topological polar surface area (TPSA) is 53.4 Å².